The van der Waals surface area contributed by atoms with Gasteiger partial charge in [-0.2, -0.15) is 0 Å². The van der Waals surface area contributed by atoms with Gasteiger partial charge >= 0.3 is 5.97 Å². The van der Waals surface area contributed by atoms with E-state index in [1.807, 2.05) is 6.07 Å². The molecule has 0 aliphatic carbocycles. The quantitative estimate of drug-likeness (QED) is 0.910. The molecule has 1 fully saturated rings. The number of anilines is 1. The Kier molecular flexibility index (Phi) is 3.92. The lowest BCUT2D eigenvalue weighted by Gasteiger charge is -2.40. The van der Waals surface area contributed by atoms with Crippen LogP contribution in [-0.2, 0) is 0 Å². The Bertz CT molecular complexity index is 464. The van der Waals surface area contributed by atoms with Crippen LogP contribution >= 0.6 is 15.9 Å². The first kappa shape index (κ1) is 13.4. The van der Waals surface area contributed by atoms with Gasteiger partial charge in [-0.15, -0.1) is 0 Å². The molecule has 18 heavy (non-hydrogen) atoms. The third kappa shape index (κ3) is 2.84. The molecule has 1 saturated heterocycles. The topological polar surface area (TPSA) is 43.8 Å². The van der Waals surface area contributed by atoms with Crippen molar-refractivity contribution in [1.82, 2.24) is 4.90 Å². The summed E-state index contributed by atoms with van der Waals surface area (Å²) in [6.45, 7) is 5.08. The minimum atomic E-state index is -0.890. The minimum Gasteiger partial charge on any atom is -0.478 e. The number of hydrogen-bond donors (Lipinski definition) is 1. The molecule has 1 aromatic rings. The molecule has 2 rings (SSSR count). The highest BCUT2D eigenvalue weighted by atomic mass is 79.9. The number of carboxylic acids is 1. The molecule has 5 heteroatoms. The average molecular weight is 313 g/mol. The van der Waals surface area contributed by atoms with E-state index in [4.69, 9.17) is 5.11 Å². The van der Waals surface area contributed by atoms with Crippen molar-refractivity contribution in [3.8, 4) is 0 Å². The van der Waals surface area contributed by atoms with Crippen LogP contribution in [0.3, 0.4) is 0 Å². The molecule has 1 atom stereocenters. The van der Waals surface area contributed by atoms with Crippen LogP contribution in [0.15, 0.2) is 22.7 Å². The van der Waals surface area contributed by atoms with Gasteiger partial charge in [0.05, 0.1) is 5.56 Å². The number of piperazine rings is 1. The van der Waals surface area contributed by atoms with Crippen molar-refractivity contribution < 1.29 is 9.90 Å². The molecule has 0 saturated carbocycles. The van der Waals surface area contributed by atoms with Gasteiger partial charge in [-0.3, -0.25) is 0 Å². The number of nitrogens with zero attached hydrogens (tertiary/aromatic N) is 2. The molecule has 1 aliphatic rings. The summed E-state index contributed by atoms with van der Waals surface area (Å²) < 4.78 is 0.809. The Hall–Kier alpha value is -1.07. The zero-order chi connectivity index (χ0) is 13.3. The Morgan fingerprint density at radius 2 is 2.11 bits per heavy atom. The zero-order valence-corrected chi connectivity index (χ0v) is 12.1. The van der Waals surface area contributed by atoms with E-state index in [1.54, 1.807) is 12.1 Å². The van der Waals surface area contributed by atoms with Crippen LogP contribution in [0, 0.1) is 0 Å². The second-order valence-corrected chi connectivity index (χ2v) is 5.72. The molecule has 0 bridgehead atoms. The predicted octanol–water partition coefficient (Wildman–Crippen LogP) is 2.29. The molecule has 0 aromatic heterocycles. The molecule has 98 valence electrons. The maximum Gasteiger partial charge on any atom is 0.335 e. The number of carbonyl (C=O) groups is 1. The minimum absolute atomic E-state index is 0.325. The third-order valence-electron chi connectivity index (χ3n) is 3.29. The smallest absolute Gasteiger partial charge is 0.335 e. The van der Waals surface area contributed by atoms with Crippen LogP contribution in [0.25, 0.3) is 0 Å². The molecule has 4 nitrogen and oxygen atoms in total. The fraction of sp³-hybridized carbons (Fsp3) is 0.462. The number of likely N-dealkylation sites (N-methyl/N-ethyl adjacent to an activating group) is 1. The molecule has 0 spiro atoms. The summed E-state index contributed by atoms with van der Waals surface area (Å²) in [4.78, 5) is 15.6. The SMILES string of the molecule is CC1CN(C)CCN1c1cc(Br)cc(C(=O)O)c1. The summed E-state index contributed by atoms with van der Waals surface area (Å²) in [5.41, 5.74) is 1.30. The van der Waals surface area contributed by atoms with Crippen LogP contribution in [-0.4, -0.2) is 48.7 Å². The number of hydrogen-bond acceptors (Lipinski definition) is 3. The summed E-state index contributed by atoms with van der Waals surface area (Å²) in [6.07, 6.45) is 0. The summed E-state index contributed by atoms with van der Waals surface area (Å²) in [5, 5.41) is 9.09. The number of halogens is 1. The van der Waals surface area contributed by atoms with E-state index >= 15 is 0 Å². The van der Waals surface area contributed by atoms with Gasteiger partial charge in [0.15, 0.2) is 0 Å². The van der Waals surface area contributed by atoms with Gasteiger partial charge in [0, 0.05) is 35.8 Å². The van der Waals surface area contributed by atoms with Crippen LogP contribution < -0.4 is 4.90 Å². The number of aromatic carboxylic acids is 1. The largest absolute Gasteiger partial charge is 0.478 e. The van der Waals surface area contributed by atoms with Gasteiger partial charge < -0.3 is 14.9 Å². The first-order valence-corrected chi connectivity index (χ1v) is 6.76. The van der Waals surface area contributed by atoms with Crippen molar-refractivity contribution >= 4 is 27.6 Å². The molecule has 1 heterocycles. The number of rotatable bonds is 2. The molecule has 1 aromatic carbocycles. The van der Waals surface area contributed by atoms with Crippen molar-refractivity contribution in [3.63, 3.8) is 0 Å². The van der Waals surface area contributed by atoms with E-state index < -0.39 is 5.97 Å². The van der Waals surface area contributed by atoms with Crippen molar-refractivity contribution in [2.45, 2.75) is 13.0 Å². The van der Waals surface area contributed by atoms with Gasteiger partial charge in [0.2, 0.25) is 0 Å². The van der Waals surface area contributed by atoms with Gasteiger partial charge in [0.25, 0.3) is 0 Å². The molecule has 1 N–H and O–H groups in total. The molecule has 1 aliphatic heterocycles. The van der Waals surface area contributed by atoms with Gasteiger partial charge in [0.1, 0.15) is 0 Å². The van der Waals surface area contributed by atoms with Crippen LogP contribution in [0.2, 0.25) is 0 Å². The highest BCUT2D eigenvalue weighted by Crippen LogP contribution is 2.26. The van der Waals surface area contributed by atoms with Crippen molar-refractivity contribution in [3.05, 3.63) is 28.2 Å². The lowest BCUT2D eigenvalue weighted by molar-refractivity contribution is 0.0697. The molecule has 0 amide bonds. The van der Waals surface area contributed by atoms with Crippen molar-refractivity contribution in [1.29, 1.82) is 0 Å². The lowest BCUT2D eigenvalue weighted by atomic mass is 10.1. The van der Waals surface area contributed by atoms with E-state index in [-0.39, 0.29) is 0 Å². The van der Waals surface area contributed by atoms with E-state index in [9.17, 15) is 4.79 Å². The highest BCUT2D eigenvalue weighted by molar-refractivity contribution is 9.10. The standard InChI is InChI=1S/C13H17BrN2O2/c1-9-8-15(2)3-4-16(9)12-6-10(13(17)18)5-11(14)7-12/h5-7,9H,3-4,8H2,1-2H3,(H,17,18). The average Bonchev–Trinajstić information content (AvgIpc) is 2.27. The first-order valence-electron chi connectivity index (χ1n) is 5.96. The Balaban J connectivity index is 2.30. The van der Waals surface area contributed by atoms with E-state index in [0.29, 0.717) is 11.6 Å². The molecule has 1 unspecified atom stereocenters. The second kappa shape index (κ2) is 5.28. The van der Waals surface area contributed by atoms with Crippen molar-refractivity contribution in [2.24, 2.45) is 0 Å². The fourth-order valence-electron chi connectivity index (χ4n) is 2.39. The van der Waals surface area contributed by atoms with E-state index in [2.05, 4.69) is 39.7 Å². The Morgan fingerprint density at radius 3 is 2.72 bits per heavy atom. The maximum atomic E-state index is 11.1. The van der Waals surface area contributed by atoms with Gasteiger partial charge in [-0.25, -0.2) is 4.79 Å². The van der Waals surface area contributed by atoms with Gasteiger partial charge in [-0.1, -0.05) is 15.9 Å². The molecular formula is C13H17BrN2O2. The van der Waals surface area contributed by atoms with Gasteiger partial charge in [-0.05, 0) is 32.2 Å². The second-order valence-electron chi connectivity index (χ2n) is 4.81. The van der Waals surface area contributed by atoms with Crippen LogP contribution in [0.5, 0.6) is 0 Å². The number of carboxylic acid groups (broad SMARTS) is 1. The molecule has 0 radical (unpaired) electrons. The summed E-state index contributed by atoms with van der Waals surface area (Å²) in [6, 6.07) is 5.75. The summed E-state index contributed by atoms with van der Waals surface area (Å²) in [7, 11) is 2.11. The third-order valence-corrected chi connectivity index (χ3v) is 3.75. The Morgan fingerprint density at radius 1 is 1.39 bits per heavy atom. The van der Waals surface area contributed by atoms with Crippen molar-refractivity contribution in [2.75, 3.05) is 31.6 Å². The maximum absolute atomic E-state index is 11.1. The highest BCUT2D eigenvalue weighted by Gasteiger charge is 2.22. The van der Waals surface area contributed by atoms with Crippen LogP contribution in [0.1, 0.15) is 17.3 Å². The normalized spacial score (nSPS) is 21.1. The van der Waals surface area contributed by atoms with Crippen LogP contribution in [0.4, 0.5) is 5.69 Å². The summed E-state index contributed by atoms with van der Waals surface area (Å²) in [5.74, 6) is -0.890. The Labute approximate surface area is 115 Å². The van der Waals surface area contributed by atoms with E-state index in [1.165, 1.54) is 0 Å². The summed E-state index contributed by atoms with van der Waals surface area (Å²) >= 11 is 3.38. The predicted molar refractivity (Wildman–Crippen MR) is 75.4 cm³/mol. The first-order chi connectivity index (χ1) is 8.47. The fourth-order valence-corrected chi connectivity index (χ4v) is 2.87. The molecular weight excluding hydrogens is 296 g/mol. The van der Waals surface area contributed by atoms with E-state index in [0.717, 1.165) is 29.8 Å². The zero-order valence-electron chi connectivity index (χ0n) is 10.6. The lowest BCUT2D eigenvalue weighted by Crippen LogP contribution is -2.50. The number of benzene rings is 1. The monoisotopic (exact) mass is 312 g/mol.